The summed E-state index contributed by atoms with van der Waals surface area (Å²) in [5, 5.41) is 3.51. The van der Waals surface area contributed by atoms with Gasteiger partial charge in [-0.15, -0.1) is 0 Å². The number of methoxy groups -OCH3 is 1. The van der Waals surface area contributed by atoms with Gasteiger partial charge in [0.2, 0.25) is 0 Å². The van der Waals surface area contributed by atoms with Crippen LogP contribution in [-0.2, 0) is 9.47 Å². The molecule has 2 rings (SSSR count). The fourth-order valence-electron chi connectivity index (χ4n) is 2.90. The van der Waals surface area contributed by atoms with Crippen molar-refractivity contribution in [1.82, 2.24) is 5.32 Å². The van der Waals surface area contributed by atoms with E-state index in [4.69, 9.17) is 9.47 Å². The summed E-state index contributed by atoms with van der Waals surface area (Å²) in [6.45, 7) is 3.82. The van der Waals surface area contributed by atoms with Gasteiger partial charge in [-0.3, -0.25) is 0 Å². The maximum absolute atomic E-state index is 6.14. The highest BCUT2D eigenvalue weighted by atomic mass is 16.5. The van der Waals surface area contributed by atoms with Crippen LogP contribution in [0.5, 0.6) is 0 Å². The molecule has 1 aromatic carbocycles. The summed E-state index contributed by atoms with van der Waals surface area (Å²) < 4.78 is 11.6. The lowest BCUT2D eigenvalue weighted by atomic mass is 9.95. The first-order valence-corrected chi connectivity index (χ1v) is 7.76. The van der Waals surface area contributed by atoms with E-state index in [0.717, 1.165) is 26.0 Å². The van der Waals surface area contributed by atoms with Gasteiger partial charge in [-0.2, -0.15) is 0 Å². The van der Waals surface area contributed by atoms with Crippen LogP contribution in [0.1, 0.15) is 44.2 Å². The van der Waals surface area contributed by atoms with Crippen molar-refractivity contribution in [3.8, 4) is 0 Å². The molecule has 1 aliphatic rings. The van der Waals surface area contributed by atoms with Gasteiger partial charge in [-0.1, -0.05) is 37.3 Å². The molecular formula is C17H27NO2. The van der Waals surface area contributed by atoms with E-state index in [1.165, 1.54) is 18.4 Å². The summed E-state index contributed by atoms with van der Waals surface area (Å²) in [6.07, 6.45) is 5.30. The molecule has 1 N–H and O–H groups in total. The van der Waals surface area contributed by atoms with Crippen LogP contribution in [0.15, 0.2) is 30.3 Å². The van der Waals surface area contributed by atoms with Crippen LogP contribution < -0.4 is 5.32 Å². The first-order valence-electron chi connectivity index (χ1n) is 7.76. The lowest BCUT2D eigenvalue weighted by Crippen LogP contribution is -2.32. The lowest BCUT2D eigenvalue weighted by molar-refractivity contribution is -0.0356. The standard InChI is InChI=1S/C17H27NO2/c1-3-18-17(14-8-5-4-6-9-14)13-20-16-11-7-10-15(12-16)19-2/h4-6,8-9,15-18H,3,7,10-13H2,1-2H3. The predicted molar refractivity (Wildman–Crippen MR) is 81.9 cm³/mol. The largest absolute Gasteiger partial charge is 0.381 e. The van der Waals surface area contributed by atoms with Gasteiger partial charge in [0.05, 0.1) is 24.9 Å². The minimum Gasteiger partial charge on any atom is -0.381 e. The zero-order valence-corrected chi connectivity index (χ0v) is 12.7. The number of nitrogens with one attached hydrogen (secondary N) is 1. The minimum absolute atomic E-state index is 0.282. The molecule has 3 heteroatoms. The van der Waals surface area contributed by atoms with E-state index in [-0.39, 0.29) is 6.04 Å². The van der Waals surface area contributed by atoms with Crippen LogP contribution in [-0.4, -0.2) is 32.5 Å². The van der Waals surface area contributed by atoms with Gasteiger partial charge in [0, 0.05) is 7.11 Å². The van der Waals surface area contributed by atoms with Gasteiger partial charge < -0.3 is 14.8 Å². The highest BCUT2D eigenvalue weighted by Crippen LogP contribution is 2.24. The van der Waals surface area contributed by atoms with E-state index in [0.29, 0.717) is 12.2 Å². The van der Waals surface area contributed by atoms with Crippen molar-refractivity contribution in [2.75, 3.05) is 20.3 Å². The Bertz CT molecular complexity index is 369. The molecular weight excluding hydrogens is 250 g/mol. The Kier molecular flexibility index (Phi) is 6.51. The highest BCUT2D eigenvalue weighted by Gasteiger charge is 2.23. The number of ether oxygens (including phenoxy) is 2. The molecule has 1 saturated carbocycles. The Morgan fingerprint density at radius 1 is 1.20 bits per heavy atom. The monoisotopic (exact) mass is 277 g/mol. The Morgan fingerprint density at radius 3 is 2.65 bits per heavy atom. The molecule has 3 unspecified atom stereocenters. The van der Waals surface area contributed by atoms with Crippen LogP contribution in [0.25, 0.3) is 0 Å². The van der Waals surface area contributed by atoms with Gasteiger partial charge >= 0.3 is 0 Å². The zero-order valence-electron chi connectivity index (χ0n) is 12.7. The van der Waals surface area contributed by atoms with Crippen molar-refractivity contribution in [3.05, 3.63) is 35.9 Å². The van der Waals surface area contributed by atoms with Crippen LogP contribution >= 0.6 is 0 Å². The Morgan fingerprint density at radius 2 is 1.95 bits per heavy atom. The van der Waals surface area contributed by atoms with Gasteiger partial charge in [-0.05, 0) is 37.8 Å². The second-order valence-corrected chi connectivity index (χ2v) is 5.50. The summed E-state index contributed by atoms with van der Waals surface area (Å²) >= 11 is 0. The second-order valence-electron chi connectivity index (χ2n) is 5.50. The molecule has 0 saturated heterocycles. The van der Waals surface area contributed by atoms with Crippen molar-refractivity contribution < 1.29 is 9.47 Å². The third-order valence-electron chi connectivity index (χ3n) is 4.06. The van der Waals surface area contributed by atoms with E-state index in [1.807, 2.05) is 0 Å². The topological polar surface area (TPSA) is 30.5 Å². The molecule has 1 aromatic rings. The summed E-state index contributed by atoms with van der Waals surface area (Å²) in [6, 6.07) is 10.8. The summed E-state index contributed by atoms with van der Waals surface area (Å²) in [5.41, 5.74) is 1.30. The van der Waals surface area contributed by atoms with Gasteiger partial charge in [0.15, 0.2) is 0 Å². The molecule has 0 bridgehead atoms. The molecule has 112 valence electrons. The molecule has 20 heavy (non-hydrogen) atoms. The molecule has 0 aromatic heterocycles. The van der Waals surface area contributed by atoms with Crippen LogP contribution in [0, 0.1) is 0 Å². The van der Waals surface area contributed by atoms with Crippen molar-refractivity contribution in [2.24, 2.45) is 0 Å². The molecule has 0 amide bonds. The first kappa shape index (κ1) is 15.5. The van der Waals surface area contributed by atoms with Crippen molar-refractivity contribution >= 4 is 0 Å². The van der Waals surface area contributed by atoms with Crippen LogP contribution in [0.2, 0.25) is 0 Å². The zero-order chi connectivity index (χ0) is 14.2. The van der Waals surface area contributed by atoms with Gasteiger partial charge in [0.25, 0.3) is 0 Å². The number of benzene rings is 1. The fourth-order valence-corrected chi connectivity index (χ4v) is 2.90. The van der Waals surface area contributed by atoms with Crippen LogP contribution in [0.3, 0.4) is 0 Å². The van der Waals surface area contributed by atoms with Crippen LogP contribution in [0.4, 0.5) is 0 Å². The Labute approximate surface area is 122 Å². The van der Waals surface area contributed by atoms with E-state index in [9.17, 15) is 0 Å². The number of hydrogen-bond acceptors (Lipinski definition) is 3. The summed E-state index contributed by atoms with van der Waals surface area (Å²) in [5.74, 6) is 0. The number of likely N-dealkylation sites (N-methyl/N-ethyl adjacent to an activating group) is 1. The molecule has 0 heterocycles. The summed E-state index contributed by atoms with van der Waals surface area (Å²) in [4.78, 5) is 0. The number of hydrogen-bond donors (Lipinski definition) is 1. The quantitative estimate of drug-likeness (QED) is 0.829. The maximum atomic E-state index is 6.14. The van der Waals surface area contributed by atoms with Gasteiger partial charge in [0.1, 0.15) is 0 Å². The minimum atomic E-state index is 0.282. The summed E-state index contributed by atoms with van der Waals surface area (Å²) in [7, 11) is 1.80. The van der Waals surface area contributed by atoms with Gasteiger partial charge in [-0.25, -0.2) is 0 Å². The molecule has 3 atom stereocenters. The van der Waals surface area contributed by atoms with E-state index in [1.54, 1.807) is 7.11 Å². The third kappa shape index (κ3) is 4.58. The second kappa shape index (κ2) is 8.40. The molecule has 3 nitrogen and oxygen atoms in total. The Hall–Kier alpha value is -0.900. The predicted octanol–water partition coefficient (Wildman–Crippen LogP) is 3.31. The molecule has 1 aliphatic carbocycles. The third-order valence-corrected chi connectivity index (χ3v) is 4.06. The van der Waals surface area contributed by atoms with Crippen molar-refractivity contribution in [3.63, 3.8) is 0 Å². The maximum Gasteiger partial charge on any atom is 0.0665 e. The van der Waals surface area contributed by atoms with E-state index < -0.39 is 0 Å². The molecule has 1 fully saturated rings. The lowest BCUT2D eigenvalue weighted by Gasteiger charge is -2.30. The number of rotatable bonds is 7. The van der Waals surface area contributed by atoms with E-state index >= 15 is 0 Å². The average molecular weight is 277 g/mol. The average Bonchev–Trinajstić information content (AvgIpc) is 2.52. The smallest absolute Gasteiger partial charge is 0.0665 e. The Balaban J connectivity index is 1.86. The molecule has 0 spiro atoms. The molecule has 0 radical (unpaired) electrons. The SMILES string of the molecule is CCNC(COC1CCCC(OC)C1)c1ccccc1. The molecule has 0 aliphatic heterocycles. The highest BCUT2D eigenvalue weighted by molar-refractivity contribution is 5.18. The normalized spacial score (nSPS) is 24.5. The van der Waals surface area contributed by atoms with E-state index in [2.05, 4.69) is 42.6 Å². The fraction of sp³-hybridized carbons (Fsp3) is 0.647. The van der Waals surface area contributed by atoms with Crippen molar-refractivity contribution in [1.29, 1.82) is 0 Å². The first-order chi connectivity index (χ1) is 9.83. The van der Waals surface area contributed by atoms with Crippen molar-refractivity contribution in [2.45, 2.75) is 50.9 Å².